The first kappa shape index (κ1) is 16.2. The molecule has 4 nitrogen and oxygen atoms in total. The zero-order valence-corrected chi connectivity index (χ0v) is 12.7. The number of furan rings is 1. The number of nitrogens with one attached hydrogen (secondary N) is 1. The van der Waals surface area contributed by atoms with E-state index in [2.05, 4.69) is 37.1 Å². The molecule has 0 aliphatic rings. The number of hydrogen-bond donors (Lipinski definition) is 1. The lowest BCUT2D eigenvalue weighted by atomic mass is 10.2. The van der Waals surface area contributed by atoms with Crippen LogP contribution in [0.25, 0.3) is 0 Å². The fourth-order valence-corrected chi connectivity index (χ4v) is 1.90. The maximum absolute atomic E-state index is 5.61. The molecule has 1 heterocycles. The van der Waals surface area contributed by atoms with Crippen molar-refractivity contribution in [2.24, 2.45) is 5.92 Å². The summed E-state index contributed by atoms with van der Waals surface area (Å²) >= 11 is 0. The van der Waals surface area contributed by atoms with Crippen LogP contribution in [0, 0.1) is 5.92 Å². The normalized spacial score (nSPS) is 11.7. The van der Waals surface area contributed by atoms with Crippen molar-refractivity contribution in [1.29, 1.82) is 0 Å². The van der Waals surface area contributed by atoms with E-state index in [-0.39, 0.29) is 0 Å². The summed E-state index contributed by atoms with van der Waals surface area (Å²) in [7, 11) is 1.74. The molecule has 19 heavy (non-hydrogen) atoms. The smallest absolute Gasteiger partial charge is 0.118 e. The Morgan fingerprint density at radius 3 is 2.84 bits per heavy atom. The highest BCUT2D eigenvalue weighted by Gasteiger charge is 2.07. The molecule has 0 saturated carbocycles. The fraction of sp³-hybridized carbons (Fsp3) is 0.733. The van der Waals surface area contributed by atoms with E-state index in [1.54, 1.807) is 7.11 Å². The Hall–Kier alpha value is -0.840. The van der Waals surface area contributed by atoms with Gasteiger partial charge in [-0.05, 0) is 25.1 Å². The van der Waals surface area contributed by atoms with Crippen LogP contribution in [0.3, 0.4) is 0 Å². The molecule has 0 unspecified atom stereocenters. The molecule has 0 atom stereocenters. The van der Waals surface area contributed by atoms with E-state index in [1.807, 2.05) is 6.26 Å². The second-order valence-corrected chi connectivity index (χ2v) is 5.31. The number of hydrogen-bond acceptors (Lipinski definition) is 4. The van der Waals surface area contributed by atoms with E-state index < -0.39 is 0 Å². The number of rotatable bonds is 10. The Morgan fingerprint density at radius 2 is 2.21 bits per heavy atom. The van der Waals surface area contributed by atoms with E-state index in [1.165, 1.54) is 5.56 Å². The van der Waals surface area contributed by atoms with Gasteiger partial charge in [0.25, 0.3) is 0 Å². The first-order valence-electron chi connectivity index (χ1n) is 7.14. The number of nitrogens with zero attached hydrogens (tertiary/aromatic N) is 1. The maximum atomic E-state index is 5.61. The Balaban J connectivity index is 2.36. The van der Waals surface area contributed by atoms with Crippen LogP contribution in [0.15, 0.2) is 16.7 Å². The molecule has 0 bridgehead atoms. The predicted molar refractivity (Wildman–Crippen MR) is 78.1 cm³/mol. The lowest BCUT2D eigenvalue weighted by Crippen LogP contribution is -2.26. The molecule has 1 aromatic rings. The summed E-state index contributed by atoms with van der Waals surface area (Å²) in [5.74, 6) is 1.70. The van der Waals surface area contributed by atoms with E-state index in [9.17, 15) is 0 Å². The van der Waals surface area contributed by atoms with Crippen molar-refractivity contribution in [3.8, 4) is 0 Å². The van der Waals surface area contributed by atoms with Crippen molar-refractivity contribution in [1.82, 2.24) is 10.2 Å². The lowest BCUT2D eigenvalue weighted by molar-refractivity contribution is 0.143. The van der Waals surface area contributed by atoms with E-state index >= 15 is 0 Å². The molecule has 0 aliphatic heterocycles. The van der Waals surface area contributed by atoms with Crippen molar-refractivity contribution in [2.45, 2.75) is 33.9 Å². The second kappa shape index (κ2) is 9.13. The van der Waals surface area contributed by atoms with Gasteiger partial charge in [0.2, 0.25) is 0 Å². The fourth-order valence-electron chi connectivity index (χ4n) is 1.90. The molecule has 0 radical (unpaired) electrons. The quantitative estimate of drug-likeness (QED) is 0.707. The van der Waals surface area contributed by atoms with Crippen LogP contribution < -0.4 is 5.32 Å². The third-order valence-corrected chi connectivity index (χ3v) is 3.03. The molecule has 0 spiro atoms. The van der Waals surface area contributed by atoms with Crippen molar-refractivity contribution in [3.63, 3.8) is 0 Å². The molecule has 4 heteroatoms. The van der Waals surface area contributed by atoms with Crippen LogP contribution in [-0.2, 0) is 17.8 Å². The van der Waals surface area contributed by atoms with Crippen LogP contribution in [0.2, 0.25) is 0 Å². The highest BCUT2D eigenvalue weighted by Crippen LogP contribution is 2.10. The molecule has 0 aliphatic carbocycles. The Labute approximate surface area is 117 Å². The minimum absolute atomic E-state index is 0.677. The largest absolute Gasteiger partial charge is 0.468 e. The summed E-state index contributed by atoms with van der Waals surface area (Å²) in [4.78, 5) is 2.31. The average Bonchev–Trinajstić information content (AvgIpc) is 2.81. The van der Waals surface area contributed by atoms with Crippen LogP contribution in [0.5, 0.6) is 0 Å². The van der Waals surface area contributed by atoms with Gasteiger partial charge >= 0.3 is 0 Å². The van der Waals surface area contributed by atoms with Gasteiger partial charge in [0.15, 0.2) is 0 Å². The summed E-state index contributed by atoms with van der Waals surface area (Å²) in [6.45, 7) is 12.1. The van der Waals surface area contributed by atoms with Crippen molar-refractivity contribution >= 4 is 0 Å². The van der Waals surface area contributed by atoms with Gasteiger partial charge in [-0.1, -0.05) is 20.8 Å². The van der Waals surface area contributed by atoms with E-state index in [4.69, 9.17) is 9.15 Å². The minimum Gasteiger partial charge on any atom is -0.468 e. The minimum atomic E-state index is 0.677. The van der Waals surface area contributed by atoms with Crippen LogP contribution in [0.1, 0.15) is 32.1 Å². The topological polar surface area (TPSA) is 37.6 Å². The highest BCUT2D eigenvalue weighted by atomic mass is 16.5. The van der Waals surface area contributed by atoms with Gasteiger partial charge in [-0.25, -0.2) is 0 Å². The molecule has 0 aromatic carbocycles. The summed E-state index contributed by atoms with van der Waals surface area (Å²) in [6, 6.07) is 2.14. The summed E-state index contributed by atoms with van der Waals surface area (Å²) in [5, 5.41) is 3.42. The van der Waals surface area contributed by atoms with Gasteiger partial charge in [0.1, 0.15) is 5.76 Å². The SMILES string of the molecule is CCN(CCOC)Cc1cc(CNCC(C)C)co1. The average molecular weight is 268 g/mol. The molecular weight excluding hydrogens is 240 g/mol. The van der Waals surface area contributed by atoms with Crippen LogP contribution >= 0.6 is 0 Å². The number of methoxy groups -OCH3 is 1. The zero-order valence-electron chi connectivity index (χ0n) is 12.7. The molecular formula is C15H28N2O2. The summed E-state index contributed by atoms with van der Waals surface area (Å²) in [6.07, 6.45) is 1.85. The highest BCUT2D eigenvalue weighted by molar-refractivity contribution is 5.12. The molecule has 0 amide bonds. The Bertz CT molecular complexity index is 337. The molecule has 1 aromatic heterocycles. The van der Waals surface area contributed by atoms with E-state index in [0.717, 1.165) is 45.1 Å². The van der Waals surface area contributed by atoms with Gasteiger partial charge in [0.05, 0.1) is 19.4 Å². The number of ether oxygens (including phenoxy) is 1. The molecule has 0 fully saturated rings. The van der Waals surface area contributed by atoms with Gasteiger partial charge in [-0.15, -0.1) is 0 Å². The van der Waals surface area contributed by atoms with Crippen molar-refractivity contribution in [2.75, 3.05) is 33.4 Å². The maximum Gasteiger partial charge on any atom is 0.118 e. The Kier molecular flexibility index (Phi) is 7.79. The zero-order chi connectivity index (χ0) is 14.1. The lowest BCUT2D eigenvalue weighted by Gasteiger charge is -2.18. The van der Waals surface area contributed by atoms with E-state index in [0.29, 0.717) is 5.92 Å². The van der Waals surface area contributed by atoms with Crippen molar-refractivity contribution < 1.29 is 9.15 Å². The Morgan fingerprint density at radius 1 is 1.42 bits per heavy atom. The first-order chi connectivity index (χ1) is 9.15. The number of likely N-dealkylation sites (N-methyl/N-ethyl adjacent to an activating group) is 1. The van der Waals surface area contributed by atoms with Crippen LogP contribution in [-0.4, -0.2) is 38.3 Å². The summed E-state index contributed by atoms with van der Waals surface area (Å²) in [5.41, 5.74) is 1.22. The van der Waals surface area contributed by atoms with Crippen molar-refractivity contribution in [3.05, 3.63) is 23.7 Å². The van der Waals surface area contributed by atoms with Gasteiger partial charge < -0.3 is 14.5 Å². The predicted octanol–water partition coefficient (Wildman–Crippen LogP) is 2.49. The second-order valence-electron chi connectivity index (χ2n) is 5.31. The monoisotopic (exact) mass is 268 g/mol. The molecule has 1 rings (SSSR count). The van der Waals surface area contributed by atoms with Crippen LogP contribution in [0.4, 0.5) is 0 Å². The molecule has 110 valence electrons. The van der Waals surface area contributed by atoms with Gasteiger partial charge in [-0.3, -0.25) is 4.90 Å². The third kappa shape index (κ3) is 6.76. The third-order valence-electron chi connectivity index (χ3n) is 3.03. The molecule has 0 saturated heterocycles. The van der Waals surface area contributed by atoms with Gasteiger partial charge in [-0.2, -0.15) is 0 Å². The first-order valence-corrected chi connectivity index (χ1v) is 7.14. The van der Waals surface area contributed by atoms with Gasteiger partial charge in [0, 0.05) is 25.8 Å². The standard InChI is InChI=1S/C15H28N2O2/c1-5-17(6-7-18-4)11-15-8-14(12-19-15)10-16-9-13(2)3/h8,12-13,16H,5-7,9-11H2,1-4H3. The molecule has 1 N–H and O–H groups in total. The summed E-state index contributed by atoms with van der Waals surface area (Å²) < 4.78 is 10.7.